The number of nitrogens with zero attached hydrogens (tertiary/aromatic N) is 1. The average molecular weight is 613 g/mol. The average Bonchev–Trinajstić information content (AvgIpc) is 3.61. The summed E-state index contributed by atoms with van der Waals surface area (Å²) in [5, 5.41) is 3.23. The van der Waals surface area contributed by atoms with Gasteiger partial charge in [0.1, 0.15) is 11.9 Å². The lowest BCUT2D eigenvalue weighted by Gasteiger charge is -2.43. The van der Waals surface area contributed by atoms with E-state index < -0.39 is 0 Å². The highest BCUT2D eigenvalue weighted by atomic mass is 16.7. The van der Waals surface area contributed by atoms with E-state index in [1.165, 1.54) is 19.3 Å². The molecule has 0 saturated carbocycles. The number of carbonyl (C=O) groups excluding carboxylic acids is 1. The van der Waals surface area contributed by atoms with Crippen LogP contribution in [0.5, 0.6) is 5.75 Å². The molecule has 7 rings (SSSR count). The van der Waals surface area contributed by atoms with Crippen molar-refractivity contribution in [3.63, 3.8) is 0 Å². The standard InChI is InChI=1S/C38H48N2O5/c41-38(45-35-28-40-20-18-30(35)19-21-40)39-37(31-15-9-6-10-16-31)33-25-32(29-13-7-5-8-14-29)26-34(27-33)42-22-12-4-2-1-3-11-17-36-43-23-24-44-36/h5-10,13-16,25-27,30,35-37H,1-4,11-12,17-24,28H2,(H,39,41). The summed E-state index contributed by atoms with van der Waals surface area (Å²) in [6.07, 6.45) is 9.74. The molecule has 2 bridgehead atoms. The maximum absolute atomic E-state index is 13.4. The second-order valence-electron chi connectivity index (χ2n) is 12.7. The van der Waals surface area contributed by atoms with E-state index in [1.807, 2.05) is 24.3 Å². The third-order valence-electron chi connectivity index (χ3n) is 9.41. The number of benzene rings is 3. The van der Waals surface area contributed by atoms with Crippen LogP contribution in [0, 0.1) is 5.92 Å². The van der Waals surface area contributed by atoms with E-state index in [1.54, 1.807) is 0 Å². The van der Waals surface area contributed by atoms with E-state index in [-0.39, 0.29) is 24.5 Å². The number of alkyl carbamates (subject to hydrolysis) is 1. The van der Waals surface area contributed by atoms with Gasteiger partial charge < -0.3 is 24.3 Å². The fourth-order valence-electron chi connectivity index (χ4n) is 6.89. The lowest BCUT2D eigenvalue weighted by Crippen LogP contribution is -2.52. The molecule has 0 spiro atoms. The molecule has 2 atom stereocenters. The predicted molar refractivity (Wildman–Crippen MR) is 176 cm³/mol. The molecule has 7 nitrogen and oxygen atoms in total. The van der Waals surface area contributed by atoms with Gasteiger partial charge in [0.05, 0.1) is 25.9 Å². The minimum Gasteiger partial charge on any atom is -0.494 e. The van der Waals surface area contributed by atoms with E-state index in [4.69, 9.17) is 18.9 Å². The largest absolute Gasteiger partial charge is 0.494 e. The highest BCUT2D eigenvalue weighted by Crippen LogP contribution is 2.33. The van der Waals surface area contributed by atoms with Crippen LogP contribution in [-0.2, 0) is 14.2 Å². The Labute approximate surface area is 268 Å². The second kappa shape index (κ2) is 16.3. The number of nitrogens with one attached hydrogen (secondary N) is 1. The first-order chi connectivity index (χ1) is 22.2. The molecule has 4 aliphatic rings. The molecule has 4 saturated heterocycles. The van der Waals surface area contributed by atoms with Gasteiger partial charge in [0.15, 0.2) is 6.29 Å². The zero-order valence-electron chi connectivity index (χ0n) is 26.4. The Morgan fingerprint density at radius 3 is 2.20 bits per heavy atom. The third-order valence-corrected chi connectivity index (χ3v) is 9.41. The fourth-order valence-corrected chi connectivity index (χ4v) is 6.89. The van der Waals surface area contributed by atoms with Gasteiger partial charge in [0, 0.05) is 6.54 Å². The van der Waals surface area contributed by atoms with E-state index in [9.17, 15) is 4.79 Å². The van der Waals surface area contributed by atoms with Crippen LogP contribution in [0.4, 0.5) is 4.79 Å². The number of hydrogen-bond donors (Lipinski definition) is 1. The summed E-state index contributed by atoms with van der Waals surface area (Å²) < 4.78 is 23.5. The molecule has 1 N–H and O–H groups in total. The van der Waals surface area contributed by atoms with Crippen molar-refractivity contribution in [3.05, 3.63) is 90.0 Å². The maximum Gasteiger partial charge on any atom is 0.408 e. The molecule has 3 aromatic rings. The van der Waals surface area contributed by atoms with Crippen LogP contribution < -0.4 is 10.1 Å². The Morgan fingerprint density at radius 2 is 1.49 bits per heavy atom. The van der Waals surface area contributed by atoms with Gasteiger partial charge in [-0.1, -0.05) is 86.3 Å². The fraction of sp³-hybridized carbons (Fsp3) is 0.500. The Kier molecular flexibility index (Phi) is 11.4. The van der Waals surface area contributed by atoms with Crippen molar-refractivity contribution in [2.24, 2.45) is 5.92 Å². The molecular formula is C38H48N2O5. The smallest absolute Gasteiger partial charge is 0.408 e. The SMILES string of the molecule is O=C(NC(c1ccccc1)c1cc(OCCCCCCCCC2OCCO2)cc(-c2ccccc2)c1)OC1CN2CCC1CC2. The number of hydrogen-bond acceptors (Lipinski definition) is 6. The van der Waals surface area contributed by atoms with Gasteiger partial charge in [-0.3, -0.25) is 4.90 Å². The quantitative estimate of drug-likeness (QED) is 0.177. The van der Waals surface area contributed by atoms with Crippen LogP contribution in [0.3, 0.4) is 0 Å². The lowest BCUT2D eigenvalue weighted by atomic mass is 9.86. The van der Waals surface area contributed by atoms with Crippen molar-refractivity contribution < 1.29 is 23.7 Å². The van der Waals surface area contributed by atoms with Crippen molar-refractivity contribution >= 4 is 6.09 Å². The van der Waals surface area contributed by atoms with Crippen molar-refractivity contribution in [3.8, 4) is 16.9 Å². The van der Waals surface area contributed by atoms with Gasteiger partial charge in [-0.2, -0.15) is 0 Å². The van der Waals surface area contributed by atoms with Crippen LogP contribution in [0.2, 0.25) is 0 Å². The normalized spacial score (nSPS) is 21.8. The number of carbonyl (C=O) groups is 1. The van der Waals surface area contributed by atoms with E-state index in [2.05, 4.69) is 64.8 Å². The van der Waals surface area contributed by atoms with E-state index in [0.29, 0.717) is 12.5 Å². The topological polar surface area (TPSA) is 69.3 Å². The molecule has 45 heavy (non-hydrogen) atoms. The third kappa shape index (κ3) is 9.09. The maximum atomic E-state index is 13.4. The van der Waals surface area contributed by atoms with Crippen molar-refractivity contribution in [1.29, 1.82) is 0 Å². The van der Waals surface area contributed by atoms with Gasteiger partial charge in [-0.15, -0.1) is 0 Å². The first-order valence-corrected chi connectivity index (χ1v) is 17.0. The van der Waals surface area contributed by atoms with Crippen molar-refractivity contribution in [2.75, 3.05) is 39.5 Å². The molecule has 4 aliphatic heterocycles. The molecule has 1 amide bonds. The lowest BCUT2D eigenvalue weighted by molar-refractivity contribution is -0.0480. The van der Waals surface area contributed by atoms with E-state index >= 15 is 0 Å². The summed E-state index contributed by atoms with van der Waals surface area (Å²) in [6.45, 7) is 5.18. The highest BCUT2D eigenvalue weighted by molar-refractivity contribution is 5.71. The van der Waals surface area contributed by atoms with Crippen molar-refractivity contribution in [2.45, 2.75) is 76.2 Å². The van der Waals surface area contributed by atoms with Crippen LogP contribution in [0.25, 0.3) is 11.1 Å². The minimum absolute atomic E-state index is 0.0162. The Balaban J connectivity index is 1.10. The molecule has 4 fully saturated rings. The minimum atomic E-state index is -0.370. The molecule has 2 unspecified atom stereocenters. The Morgan fingerprint density at radius 1 is 0.800 bits per heavy atom. The number of ether oxygens (including phenoxy) is 4. The summed E-state index contributed by atoms with van der Waals surface area (Å²) in [4.78, 5) is 15.8. The second-order valence-corrected chi connectivity index (χ2v) is 12.7. The predicted octanol–water partition coefficient (Wildman–Crippen LogP) is 7.75. The zero-order chi connectivity index (χ0) is 30.7. The Hall–Kier alpha value is -3.39. The summed E-state index contributed by atoms with van der Waals surface area (Å²) in [6, 6.07) is 26.5. The van der Waals surface area contributed by atoms with Crippen LogP contribution >= 0.6 is 0 Å². The van der Waals surface area contributed by atoms with Crippen molar-refractivity contribution in [1.82, 2.24) is 10.2 Å². The number of rotatable bonds is 15. The number of fused-ring (bicyclic) bond motifs is 3. The first-order valence-electron chi connectivity index (χ1n) is 17.0. The van der Waals surface area contributed by atoms with Crippen LogP contribution in [-0.4, -0.2) is 62.8 Å². The van der Waals surface area contributed by atoms with Crippen LogP contribution in [0.1, 0.15) is 75.0 Å². The number of piperidine rings is 3. The van der Waals surface area contributed by atoms with Gasteiger partial charge >= 0.3 is 6.09 Å². The summed E-state index contributed by atoms with van der Waals surface area (Å²) >= 11 is 0. The van der Waals surface area contributed by atoms with Gasteiger partial charge in [0.2, 0.25) is 0 Å². The van der Waals surface area contributed by atoms with Gasteiger partial charge in [0.25, 0.3) is 0 Å². The molecule has 4 heterocycles. The molecule has 240 valence electrons. The first kappa shape index (κ1) is 31.6. The zero-order valence-corrected chi connectivity index (χ0v) is 26.4. The summed E-state index contributed by atoms with van der Waals surface area (Å²) in [5.41, 5.74) is 4.15. The van der Waals surface area contributed by atoms with E-state index in [0.717, 1.165) is 99.4 Å². The molecule has 3 aromatic carbocycles. The highest BCUT2D eigenvalue weighted by Gasteiger charge is 2.37. The summed E-state index contributed by atoms with van der Waals surface area (Å²) in [5.74, 6) is 1.27. The number of unbranched alkanes of at least 4 members (excludes halogenated alkanes) is 5. The number of amides is 1. The monoisotopic (exact) mass is 612 g/mol. The van der Waals surface area contributed by atoms with Crippen LogP contribution in [0.15, 0.2) is 78.9 Å². The Bertz CT molecular complexity index is 1320. The van der Waals surface area contributed by atoms with Gasteiger partial charge in [-0.25, -0.2) is 4.79 Å². The molecule has 0 aliphatic carbocycles. The molecule has 7 heteroatoms. The van der Waals surface area contributed by atoms with Gasteiger partial charge in [-0.05, 0) is 91.6 Å². The summed E-state index contributed by atoms with van der Waals surface area (Å²) in [7, 11) is 0. The molecule has 0 radical (unpaired) electrons. The molecular weight excluding hydrogens is 564 g/mol. The molecule has 0 aromatic heterocycles.